The number of nitrogens with one attached hydrogen (secondary N) is 2. The molecule has 2 rings (SSSR count). The maximum atomic E-state index is 12.9. The third kappa shape index (κ3) is 4.07. The summed E-state index contributed by atoms with van der Waals surface area (Å²) in [4.78, 5) is 11.9. The third-order valence-corrected chi connectivity index (χ3v) is 4.58. The van der Waals surface area contributed by atoms with Gasteiger partial charge in [-0.15, -0.1) is 0 Å². The molecule has 0 bridgehead atoms. The van der Waals surface area contributed by atoms with Crippen LogP contribution in [0, 0.1) is 12.7 Å². The molecule has 0 spiro atoms. The summed E-state index contributed by atoms with van der Waals surface area (Å²) in [5, 5.41) is 2.64. The van der Waals surface area contributed by atoms with Crippen LogP contribution in [0.3, 0.4) is 0 Å². The van der Waals surface area contributed by atoms with E-state index >= 15 is 0 Å². The van der Waals surface area contributed by atoms with E-state index in [-0.39, 0.29) is 16.5 Å². The lowest BCUT2D eigenvalue weighted by atomic mass is 10.1. The monoisotopic (exact) mass is 336 g/mol. The maximum Gasteiger partial charge on any atom is 0.261 e. The molecule has 122 valence electrons. The van der Waals surface area contributed by atoms with E-state index in [9.17, 15) is 17.6 Å². The minimum Gasteiger partial charge on any atom is -0.352 e. The molecule has 0 heterocycles. The van der Waals surface area contributed by atoms with Gasteiger partial charge in [-0.3, -0.25) is 9.52 Å². The summed E-state index contributed by atoms with van der Waals surface area (Å²) in [6, 6.07) is 9.29. The van der Waals surface area contributed by atoms with Gasteiger partial charge in [0.25, 0.3) is 15.9 Å². The second kappa shape index (κ2) is 6.78. The molecule has 0 aliphatic heterocycles. The number of sulfonamides is 1. The molecule has 0 fully saturated rings. The van der Waals surface area contributed by atoms with Crippen LogP contribution in [-0.2, 0) is 10.0 Å². The van der Waals surface area contributed by atoms with Gasteiger partial charge in [-0.25, -0.2) is 12.8 Å². The largest absolute Gasteiger partial charge is 0.352 e. The highest BCUT2D eigenvalue weighted by Crippen LogP contribution is 2.19. The summed E-state index contributed by atoms with van der Waals surface area (Å²) in [5.41, 5.74) is 1.22. The minimum absolute atomic E-state index is 0.0336. The summed E-state index contributed by atoms with van der Waals surface area (Å²) in [7, 11) is -3.87. The van der Waals surface area contributed by atoms with E-state index in [4.69, 9.17) is 0 Å². The van der Waals surface area contributed by atoms with Crippen molar-refractivity contribution in [2.75, 3.05) is 11.3 Å². The Morgan fingerprint density at radius 3 is 2.39 bits per heavy atom. The second-order valence-electron chi connectivity index (χ2n) is 4.95. The summed E-state index contributed by atoms with van der Waals surface area (Å²) >= 11 is 0. The molecule has 0 aliphatic carbocycles. The van der Waals surface area contributed by atoms with Crippen LogP contribution in [0.2, 0.25) is 0 Å². The van der Waals surface area contributed by atoms with Crippen molar-refractivity contribution in [2.45, 2.75) is 18.7 Å². The number of rotatable bonds is 5. The standard InChI is InChI=1S/C16H17FN2O3S/c1-3-18-16(20)15-10-14(9-4-11(15)2)23(21,22)19-13-7-5-12(17)6-8-13/h4-10,19H,3H2,1-2H3,(H,18,20). The van der Waals surface area contributed by atoms with E-state index in [0.29, 0.717) is 17.7 Å². The van der Waals surface area contributed by atoms with Gasteiger partial charge in [-0.1, -0.05) is 6.07 Å². The Kier molecular flexibility index (Phi) is 5.00. The van der Waals surface area contributed by atoms with Crippen molar-refractivity contribution in [1.82, 2.24) is 5.32 Å². The van der Waals surface area contributed by atoms with E-state index in [1.165, 1.54) is 24.3 Å². The third-order valence-electron chi connectivity index (χ3n) is 3.20. The Balaban J connectivity index is 2.34. The molecule has 0 unspecified atom stereocenters. The van der Waals surface area contributed by atoms with Gasteiger partial charge < -0.3 is 5.32 Å². The molecule has 1 amide bonds. The number of benzene rings is 2. The van der Waals surface area contributed by atoms with E-state index in [1.807, 2.05) is 0 Å². The highest BCUT2D eigenvalue weighted by Gasteiger charge is 2.18. The lowest BCUT2D eigenvalue weighted by Crippen LogP contribution is -2.24. The quantitative estimate of drug-likeness (QED) is 0.881. The van der Waals surface area contributed by atoms with Gasteiger partial charge in [0.1, 0.15) is 5.82 Å². The first-order chi connectivity index (χ1) is 10.8. The van der Waals surface area contributed by atoms with Crippen molar-refractivity contribution in [2.24, 2.45) is 0 Å². The molecule has 5 nitrogen and oxygen atoms in total. The topological polar surface area (TPSA) is 75.3 Å². The average Bonchev–Trinajstić information content (AvgIpc) is 2.50. The summed E-state index contributed by atoms with van der Waals surface area (Å²) in [5.74, 6) is -0.786. The maximum absolute atomic E-state index is 12.9. The van der Waals surface area contributed by atoms with Crippen LogP contribution >= 0.6 is 0 Å². The highest BCUT2D eigenvalue weighted by atomic mass is 32.2. The first kappa shape index (κ1) is 17.0. The Morgan fingerprint density at radius 2 is 1.78 bits per heavy atom. The Bertz CT molecular complexity index is 818. The van der Waals surface area contributed by atoms with Crippen molar-refractivity contribution in [3.8, 4) is 0 Å². The minimum atomic E-state index is -3.87. The molecule has 0 aromatic heterocycles. The van der Waals surface area contributed by atoms with Gasteiger partial charge in [0.05, 0.1) is 4.90 Å². The predicted molar refractivity (Wildman–Crippen MR) is 86.4 cm³/mol. The van der Waals surface area contributed by atoms with Gasteiger partial charge in [0.15, 0.2) is 0 Å². The fraction of sp³-hybridized carbons (Fsp3) is 0.188. The lowest BCUT2D eigenvalue weighted by Gasteiger charge is -2.11. The van der Waals surface area contributed by atoms with E-state index < -0.39 is 15.8 Å². The number of hydrogen-bond acceptors (Lipinski definition) is 3. The van der Waals surface area contributed by atoms with E-state index in [2.05, 4.69) is 10.0 Å². The molecule has 0 saturated carbocycles. The predicted octanol–water partition coefficient (Wildman–Crippen LogP) is 2.68. The van der Waals surface area contributed by atoms with Crippen molar-refractivity contribution in [3.05, 3.63) is 59.4 Å². The number of carbonyl (C=O) groups is 1. The van der Waals surface area contributed by atoms with Crippen LogP contribution in [-0.4, -0.2) is 20.9 Å². The van der Waals surface area contributed by atoms with Crippen molar-refractivity contribution in [1.29, 1.82) is 0 Å². The number of aryl methyl sites for hydroxylation is 1. The highest BCUT2D eigenvalue weighted by molar-refractivity contribution is 7.92. The Hall–Kier alpha value is -2.41. The average molecular weight is 336 g/mol. The molecule has 7 heteroatoms. The number of anilines is 1. The molecule has 0 saturated heterocycles. The molecule has 2 aromatic rings. The van der Waals surface area contributed by atoms with Gasteiger partial charge in [0, 0.05) is 17.8 Å². The van der Waals surface area contributed by atoms with Gasteiger partial charge in [0.2, 0.25) is 0 Å². The summed E-state index contributed by atoms with van der Waals surface area (Å²) in [6.45, 7) is 3.96. The molecule has 0 aliphatic rings. The van der Waals surface area contributed by atoms with Gasteiger partial charge in [-0.2, -0.15) is 0 Å². The van der Waals surface area contributed by atoms with Gasteiger partial charge >= 0.3 is 0 Å². The lowest BCUT2D eigenvalue weighted by molar-refractivity contribution is 0.0955. The van der Waals surface area contributed by atoms with Crippen LogP contribution in [0.1, 0.15) is 22.8 Å². The Labute approximate surface area is 134 Å². The van der Waals surface area contributed by atoms with Crippen LogP contribution in [0.15, 0.2) is 47.4 Å². The SMILES string of the molecule is CCNC(=O)c1cc(S(=O)(=O)Nc2ccc(F)cc2)ccc1C. The van der Waals surface area contributed by atoms with Crippen molar-refractivity contribution < 1.29 is 17.6 Å². The number of carbonyl (C=O) groups excluding carboxylic acids is 1. The molecule has 2 aromatic carbocycles. The number of halogens is 1. The molecule has 23 heavy (non-hydrogen) atoms. The van der Waals surface area contributed by atoms with Crippen molar-refractivity contribution >= 4 is 21.6 Å². The molecule has 2 N–H and O–H groups in total. The molecular formula is C16H17FN2O3S. The van der Waals surface area contributed by atoms with Crippen LogP contribution in [0.5, 0.6) is 0 Å². The zero-order valence-corrected chi connectivity index (χ0v) is 13.6. The van der Waals surface area contributed by atoms with Gasteiger partial charge in [-0.05, 0) is 55.8 Å². The fourth-order valence-corrected chi connectivity index (χ4v) is 3.09. The Morgan fingerprint density at radius 1 is 1.13 bits per heavy atom. The second-order valence-corrected chi connectivity index (χ2v) is 6.63. The van der Waals surface area contributed by atoms with Crippen LogP contribution < -0.4 is 10.0 Å². The first-order valence-corrected chi connectivity index (χ1v) is 8.49. The van der Waals surface area contributed by atoms with Crippen LogP contribution in [0.4, 0.5) is 10.1 Å². The smallest absolute Gasteiger partial charge is 0.261 e. The van der Waals surface area contributed by atoms with E-state index in [0.717, 1.165) is 12.1 Å². The number of hydrogen-bond donors (Lipinski definition) is 2. The zero-order valence-electron chi connectivity index (χ0n) is 12.8. The fourth-order valence-electron chi connectivity index (χ4n) is 2.00. The normalized spacial score (nSPS) is 11.1. The molecule has 0 atom stereocenters. The summed E-state index contributed by atoms with van der Waals surface area (Å²) < 4.78 is 40.0. The van der Waals surface area contributed by atoms with Crippen molar-refractivity contribution in [3.63, 3.8) is 0 Å². The first-order valence-electron chi connectivity index (χ1n) is 7.00. The zero-order chi connectivity index (χ0) is 17.0. The van der Waals surface area contributed by atoms with Crippen LogP contribution in [0.25, 0.3) is 0 Å². The van der Waals surface area contributed by atoms with E-state index in [1.54, 1.807) is 19.9 Å². The molecular weight excluding hydrogens is 319 g/mol. The number of amides is 1. The summed E-state index contributed by atoms with van der Waals surface area (Å²) in [6.07, 6.45) is 0. The molecule has 0 radical (unpaired) electrons.